The minimum absolute atomic E-state index is 0.239. The number of halogens is 1. The van der Waals surface area contributed by atoms with Crippen LogP contribution >= 0.6 is 11.6 Å². The SMILES string of the molecule is COc1ccc(OC)c([C@@H](C)NC(=O)[C@H](C)Oc2cccc(Cl)c2)c1. The van der Waals surface area contributed by atoms with Gasteiger partial charge in [0.2, 0.25) is 0 Å². The lowest BCUT2D eigenvalue weighted by molar-refractivity contribution is -0.127. The van der Waals surface area contributed by atoms with Crippen molar-refractivity contribution < 1.29 is 19.0 Å². The smallest absolute Gasteiger partial charge is 0.261 e. The van der Waals surface area contributed by atoms with E-state index in [0.29, 0.717) is 22.3 Å². The summed E-state index contributed by atoms with van der Waals surface area (Å²) in [5, 5.41) is 3.48. The predicted octanol–water partition coefficient (Wildman–Crippen LogP) is 4.00. The van der Waals surface area contributed by atoms with Crippen molar-refractivity contribution in [1.82, 2.24) is 5.32 Å². The highest BCUT2D eigenvalue weighted by Gasteiger charge is 2.20. The van der Waals surface area contributed by atoms with Crippen molar-refractivity contribution in [2.75, 3.05) is 14.2 Å². The second-order valence-corrected chi connectivity index (χ2v) is 5.99. The number of benzene rings is 2. The van der Waals surface area contributed by atoms with Gasteiger partial charge in [-0.25, -0.2) is 0 Å². The molecule has 2 rings (SSSR count). The monoisotopic (exact) mass is 363 g/mol. The van der Waals surface area contributed by atoms with Crippen LogP contribution in [0.15, 0.2) is 42.5 Å². The van der Waals surface area contributed by atoms with Gasteiger partial charge in [0.15, 0.2) is 6.10 Å². The van der Waals surface area contributed by atoms with Crippen LogP contribution in [0.2, 0.25) is 5.02 Å². The molecule has 0 saturated carbocycles. The predicted molar refractivity (Wildman–Crippen MR) is 97.6 cm³/mol. The Labute approximate surface area is 152 Å². The first-order chi connectivity index (χ1) is 11.9. The highest BCUT2D eigenvalue weighted by atomic mass is 35.5. The number of carbonyl (C=O) groups is 1. The van der Waals surface area contributed by atoms with Gasteiger partial charge in [0.1, 0.15) is 17.2 Å². The van der Waals surface area contributed by atoms with Crippen LogP contribution in [0.3, 0.4) is 0 Å². The quantitative estimate of drug-likeness (QED) is 0.807. The molecule has 0 saturated heterocycles. The summed E-state index contributed by atoms with van der Waals surface area (Å²) in [5.41, 5.74) is 0.824. The molecule has 0 heterocycles. The van der Waals surface area contributed by atoms with Crippen molar-refractivity contribution in [3.63, 3.8) is 0 Å². The molecule has 0 radical (unpaired) electrons. The van der Waals surface area contributed by atoms with Crippen molar-refractivity contribution in [3.05, 3.63) is 53.1 Å². The van der Waals surface area contributed by atoms with Gasteiger partial charge >= 0.3 is 0 Å². The summed E-state index contributed by atoms with van der Waals surface area (Å²) in [6, 6.07) is 12.1. The summed E-state index contributed by atoms with van der Waals surface area (Å²) < 4.78 is 16.2. The Balaban J connectivity index is 2.06. The van der Waals surface area contributed by atoms with Crippen LogP contribution < -0.4 is 19.5 Å². The molecule has 1 amide bonds. The fourth-order valence-corrected chi connectivity index (χ4v) is 2.56. The molecule has 0 bridgehead atoms. The Morgan fingerprint density at radius 1 is 1.04 bits per heavy atom. The molecule has 6 heteroatoms. The molecule has 134 valence electrons. The Hall–Kier alpha value is -2.40. The molecule has 0 spiro atoms. The van der Waals surface area contributed by atoms with Crippen LogP contribution in [0.1, 0.15) is 25.5 Å². The van der Waals surface area contributed by atoms with Gasteiger partial charge in [0.05, 0.1) is 20.3 Å². The van der Waals surface area contributed by atoms with Gasteiger partial charge in [-0.15, -0.1) is 0 Å². The zero-order chi connectivity index (χ0) is 18.4. The summed E-state index contributed by atoms with van der Waals surface area (Å²) in [4.78, 5) is 12.4. The van der Waals surface area contributed by atoms with Crippen molar-refractivity contribution in [2.24, 2.45) is 0 Å². The molecule has 0 unspecified atom stereocenters. The van der Waals surface area contributed by atoms with Gasteiger partial charge in [-0.1, -0.05) is 17.7 Å². The molecule has 2 atom stereocenters. The summed E-state index contributed by atoms with van der Waals surface area (Å²) in [6.07, 6.45) is -0.669. The summed E-state index contributed by atoms with van der Waals surface area (Å²) in [7, 11) is 3.18. The molecule has 0 aliphatic carbocycles. The number of nitrogens with one attached hydrogen (secondary N) is 1. The zero-order valence-electron chi connectivity index (χ0n) is 14.7. The van der Waals surface area contributed by atoms with Crippen molar-refractivity contribution in [2.45, 2.75) is 26.0 Å². The average Bonchev–Trinajstić information content (AvgIpc) is 2.60. The summed E-state index contributed by atoms with van der Waals surface area (Å²) in [5.74, 6) is 1.68. The third-order valence-corrected chi connectivity index (χ3v) is 3.98. The molecule has 2 aromatic rings. The highest BCUT2D eigenvalue weighted by Crippen LogP contribution is 2.29. The Morgan fingerprint density at radius 3 is 2.44 bits per heavy atom. The highest BCUT2D eigenvalue weighted by molar-refractivity contribution is 6.30. The van der Waals surface area contributed by atoms with Gasteiger partial charge in [-0.3, -0.25) is 4.79 Å². The maximum absolute atomic E-state index is 12.4. The topological polar surface area (TPSA) is 56.8 Å². The van der Waals surface area contributed by atoms with Crippen molar-refractivity contribution in [1.29, 1.82) is 0 Å². The molecule has 0 aromatic heterocycles. The van der Waals surface area contributed by atoms with Crippen LogP contribution in [0.4, 0.5) is 0 Å². The number of hydrogen-bond acceptors (Lipinski definition) is 4. The standard InChI is InChI=1S/C19H22ClNO4/c1-12(17-11-15(23-3)8-9-18(17)24-4)21-19(22)13(2)25-16-7-5-6-14(20)10-16/h5-13H,1-4H3,(H,21,22)/t12-,13+/m1/s1. The normalized spacial score (nSPS) is 12.8. The Kier molecular flexibility index (Phi) is 6.53. The van der Waals surface area contributed by atoms with Crippen molar-refractivity contribution >= 4 is 17.5 Å². The van der Waals surface area contributed by atoms with E-state index in [4.69, 9.17) is 25.8 Å². The third-order valence-electron chi connectivity index (χ3n) is 3.74. The van der Waals surface area contributed by atoms with E-state index in [9.17, 15) is 4.79 Å². The second-order valence-electron chi connectivity index (χ2n) is 5.56. The molecular formula is C19H22ClNO4. The molecule has 0 fully saturated rings. The van der Waals surface area contributed by atoms with Gasteiger partial charge in [-0.05, 0) is 50.2 Å². The van der Waals surface area contributed by atoms with E-state index in [1.54, 1.807) is 45.4 Å². The lowest BCUT2D eigenvalue weighted by atomic mass is 10.1. The number of rotatable bonds is 7. The van der Waals surface area contributed by atoms with E-state index in [1.165, 1.54) is 0 Å². The molecule has 25 heavy (non-hydrogen) atoms. The fourth-order valence-electron chi connectivity index (χ4n) is 2.38. The molecule has 5 nitrogen and oxygen atoms in total. The first kappa shape index (κ1) is 18.9. The van der Waals surface area contributed by atoms with Gasteiger partial charge in [-0.2, -0.15) is 0 Å². The maximum atomic E-state index is 12.4. The van der Waals surface area contributed by atoms with Crippen LogP contribution in [0, 0.1) is 0 Å². The first-order valence-electron chi connectivity index (χ1n) is 7.89. The van der Waals surface area contributed by atoms with Gasteiger partial charge in [0.25, 0.3) is 5.91 Å². The zero-order valence-corrected chi connectivity index (χ0v) is 15.5. The number of carbonyl (C=O) groups excluding carboxylic acids is 1. The van der Waals surface area contributed by atoms with Crippen LogP contribution in [0.5, 0.6) is 17.2 Å². The average molecular weight is 364 g/mol. The minimum Gasteiger partial charge on any atom is -0.497 e. The number of ether oxygens (including phenoxy) is 3. The maximum Gasteiger partial charge on any atom is 0.261 e. The molecule has 1 N–H and O–H groups in total. The fraction of sp³-hybridized carbons (Fsp3) is 0.316. The molecular weight excluding hydrogens is 342 g/mol. The lowest BCUT2D eigenvalue weighted by Crippen LogP contribution is -2.37. The van der Waals surface area contributed by atoms with Crippen molar-refractivity contribution in [3.8, 4) is 17.2 Å². The van der Waals surface area contributed by atoms with Gasteiger partial charge in [0, 0.05) is 10.6 Å². The molecule has 0 aliphatic heterocycles. The van der Waals surface area contributed by atoms with Gasteiger partial charge < -0.3 is 19.5 Å². The molecule has 0 aliphatic rings. The van der Waals surface area contributed by atoms with E-state index in [-0.39, 0.29) is 11.9 Å². The van der Waals surface area contributed by atoms with E-state index in [0.717, 1.165) is 5.56 Å². The minimum atomic E-state index is -0.669. The number of amides is 1. The third kappa shape index (κ3) is 5.03. The summed E-state index contributed by atoms with van der Waals surface area (Å²) >= 11 is 5.93. The number of methoxy groups -OCH3 is 2. The Bertz CT molecular complexity index is 735. The van der Waals surface area contributed by atoms with Crippen LogP contribution in [-0.4, -0.2) is 26.2 Å². The van der Waals surface area contributed by atoms with E-state index >= 15 is 0 Å². The molecule has 2 aromatic carbocycles. The number of hydrogen-bond donors (Lipinski definition) is 1. The van der Waals surface area contributed by atoms with E-state index in [1.807, 2.05) is 25.1 Å². The summed E-state index contributed by atoms with van der Waals surface area (Å²) in [6.45, 7) is 3.56. The first-order valence-corrected chi connectivity index (χ1v) is 8.27. The van der Waals surface area contributed by atoms with E-state index < -0.39 is 6.10 Å². The lowest BCUT2D eigenvalue weighted by Gasteiger charge is -2.21. The van der Waals surface area contributed by atoms with Crippen LogP contribution in [0.25, 0.3) is 0 Å². The van der Waals surface area contributed by atoms with Crippen LogP contribution in [-0.2, 0) is 4.79 Å². The second kappa shape index (κ2) is 8.62. The Morgan fingerprint density at radius 2 is 1.80 bits per heavy atom. The van der Waals surface area contributed by atoms with E-state index in [2.05, 4.69) is 5.32 Å². The largest absolute Gasteiger partial charge is 0.497 e.